The number of rotatable bonds is 8. The summed E-state index contributed by atoms with van der Waals surface area (Å²) in [6, 6.07) is 10.4. The number of nitro benzene ring substituents is 1. The maximum Gasteiger partial charge on any atom is 0.306 e. The monoisotopic (exact) mass is 419 g/mol. The number of nitrogens with zero attached hydrogens (tertiary/aromatic N) is 1. The minimum atomic E-state index is -0.726. The molecule has 0 radical (unpaired) electrons. The standard InChI is InChI=1S/C19H18ClN3O6/c1-12-5-6-14(10-16(12)20)21-17(24)7-8-19(26)29-11-18(25)22-13-3-2-4-15(9-13)23(27)28/h2-6,9-10H,7-8,11H2,1H3,(H,21,24)(H,22,25). The summed E-state index contributed by atoms with van der Waals surface area (Å²) in [6.45, 7) is 1.26. The van der Waals surface area contributed by atoms with E-state index >= 15 is 0 Å². The molecular formula is C19H18ClN3O6. The van der Waals surface area contributed by atoms with Crippen LogP contribution in [0.5, 0.6) is 0 Å². The third-order valence-electron chi connectivity index (χ3n) is 3.72. The Morgan fingerprint density at radius 1 is 1.03 bits per heavy atom. The minimum absolute atomic E-state index is 0.128. The van der Waals surface area contributed by atoms with E-state index in [1.165, 1.54) is 24.3 Å². The van der Waals surface area contributed by atoms with Crippen molar-refractivity contribution in [3.63, 3.8) is 0 Å². The number of carbonyl (C=O) groups is 3. The molecule has 2 aromatic carbocycles. The fraction of sp³-hybridized carbons (Fsp3) is 0.211. The Morgan fingerprint density at radius 2 is 1.72 bits per heavy atom. The first kappa shape index (κ1) is 21.8. The molecule has 2 rings (SSSR count). The van der Waals surface area contributed by atoms with E-state index in [-0.39, 0.29) is 24.2 Å². The number of halogens is 1. The molecule has 0 spiro atoms. The van der Waals surface area contributed by atoms with Crippen molar-refractivity contribution in [3.05, 3.63) is 63.2 Å². The molecule has 2 N–H and O–H groups in total. The fourth-order valence-electron chi connectivity index (χ4n) is 2.22. The first-order valence-electron chi connectivity index (χ1n) is 8.50. The first-order chi connectivity index (χ1) is 13.7. The molecule has 0 saturated heterocycles. The van der Waals surface area contributed by atoms with E-state index in [1.807, 2.05) is 6.92 Å². The van der Waals surface area contributed by atoms with Gasteiger partial charge in [-0.3, -0.25) is 24.5 Å². The van der Waals surface area contributed by atoms with Crippen molar-refractivity contribution < 1.29 is 24.0 Å². The molecule has 0 fully saturated rings. The van der Waals surface area contributed by atoms with Crippen LogP contribution in [0.4, 0.5) is 17.1 Å². The number of aryl methyl sites for hydroxylation is 1. The van der Waals surface area contributed by atoms with Crippen LogP contribution >= 0.6 is 11.6 Å². The Balaban J connectivity index is 1.72. The van der Waals surface area contributed by atoms with Gasteiger partial charge in [-0.2, -0.15) is 0 Å². The summed E-state index contributed by atoms with van der Waals surface area (Å²) in [6.07, 6.45) is -0.341. The van der Waals surface area contributed by atoms with Crippen LogP contribution in [0, 0.1) is 17.0 Å². The largest absolute Gasteiger partial charge is 0.456 e. The molecule has 2 amide bonds. The van der Waals surface area contributed by atoms with Crippen molar-refractivity contribution in [2.75, 3.05) is 17.2 Å². The lowest BCUT2D eigenvalue weighted by atomic mass is 10.2. The van der Waals surface area contributed by atoms with Crippen molar-refractivity contribution in [1.29, 1.82) is 0 Å². The van der Waals surface area contributed by atoms with E-state index < -0.39 is 29.3 Å². The molecule has 0 unspecified atom stereocenters. The maximum atomic E-state index is 11.9. The van der Waals surface area contributed by atoms with E-state index in [0.717, 1.165) is 5.56 Å². The van der Waals surface area contributed by atoms with Crippen molar-refractivity contribution in [1.82, 2.24) is 0 Å². The van der Waals surface area contributed by atoms with Crippen LogP contribution in [0.15, 0.2) is 42.5 Å². The van der Waals surface area contributed by atoms with Crippen LogP contribution in [-0.2, 0) is 19.1 Å². The quantitative estimate of drug-likeness (QED) is 0.383. The molecule has 0 aliphatic carbocycles. The molecule has 152 valence electrons. The van der Waals surface area contributed by atoms with Gasteiger partial charge in [0.05, 0.1) is 11.3 Å². The third kappa shape index (κ3) is 7.23. The zero-order valence-corrected chi connectivity index (χ0v) is 16.2. The van der Waals surface area contributed by atoms with Crippen LogP contribution in [-0.4, -0.2) is 29.3 Å². The highest BCUT2D eigenvalue weighted by atomic mass is 35.5. The number of hydrogen-bond acceptors (Lipinski definition) is 6. The lowest BCUT2D eigenvalue weighted by Crippen LogP contribution is -2.21. The molecule has 0 heterocycles. The number of ether oxygens (including phenoxy) is 1. The molecule has 10 heteroatoms. The number of hydrogen-bond donors (Lipinski definition) is 2. The summed E-state index contributed by atoms with van der Waals surface area (Å²) in [5, 5.41) is 16.2. The average molecular weight is 420 g/mol. The van der Waals surface area contributed by atoms with Gasteiger partial charge in [0.1, 0.15) is 0 Å². The van der Waals surface area contributed by atoms with Crippen LogP contribution in [0.3, 0.4) is 0 Å². The van der Waals surface area contributed by atoms with Gasteiger partial charge in [-0.25, -0.2) is 0 Å². The number of carbonyl (C=O) groups excluding carboxylic acids is 3. The second-order valence-corrected chi connectivity index (χ2v) is 6.44. The van der Waals surface area contributed by atoms with Crippen molar-refractivity contribution in [3.8, 4) is 0 Å². The lowest BCUT2D eigenvalue weighted by molar-refractivity contribution is -0.384. The van der Waals surface area contributed by atoms with Crippen molar-refractivity contribution in [2.24, 2.45) is 0 Å². The zero-order valence-electron chi connectivity index (χ0n) is 15.4. The highest BCUT2D eigenvalue weighted by molar-refractivity contribution is 6.31. The number of benzene rings is 2. The topological polar surface area (TPSA) is 128 Å². The molecule has 0 aromatic heterocycles. The summed E-state index contributed by atoms with van der Waals surface area (Å²) in [5.74, 6) is -1.78. The van der Waals surface area contributed by atoms with Gasteiger partial charge >= 0.3 is 5.97 Å². The van der Waals surface area contributed by atoms with Crippen LogP contribution in [0.1, 0.15) is 18.4 Å². The normalized spacial score (nSPS) is 10.1. The molecule has 2 aromatic rings. The van der Waals surface area contributed by atoms with Gasteiger partial charge in [-0.1, -0.05) is 23.7 Å². The number of amides is 2. The Labute approximate surface area is 171 Å². The van der Waals surface area contributed by atoms with Crippen molar-refractivity contribution in [2.45, 2.75) is 19.8 Å². The summed E-state index contributed by atoms with van der Waals surface area (Å²) in [4.78, 5) is 45.5. The highest BCUT2D eigenvalue weighted by Crippen LogP contribution is 2.20. The molecule has 0 aliphatic rings. The summed E-state index contributed by atoms with van der Waals surface area (Å²) in [7, 11) is 0. The van der Waals surface area contributed by atoms with E-state index in [9.17, 15) is 24.5 Å². The number of esters is 1. The number of non-ortho nitro benzene ring substituents is 1. The van der Waals surface area contributed by atoms with Gasteiger partial charge in [0.2, 0.25) is 5.91 Å². The van der Waals surface area contributed by atoms with Gasteiger partial charge in [-0.05, 0) is 30.7 Å². The molecule has 29 heavy (non-hydrogen) atoms. The van der Waals surface area contributed by atoms with E-state index in [4.69, 9.17) is 16.3 Å². The summed E-state index contributed by atoms with van der Waals surface area (Å²) < 4.78 is 4.80. The van der Waals surface area contributed by atoms with Gasteiger partial charge < -0.3 is 15.4 Å². The van der Waals surface area contributed by atoms with Crippen molar-refractivity contribution >= 4 is 46.4 Å². The summed E-state index contributed by atoms with van der Waals surface area (Å²) >= 11 is 5.98. The zero-order chi connectivity index (χ0) is 21.4. The van der Waals surface area contributed by atoms with Gasteiger partial charge in [0.25, 0.3) is 11.6 Å². The fourth-order valence-corrected chi connectivity index (χ4v) is 2.40. The molecule has 0 bridgehead atoms. The number of nitro groups is 1. The SMILES string of the molecule is Cc1ccc(NC(=O)CCC(=O)OCC(=O)Nc2cccc([N+](=O)[O-])c2)cc1Cl. The van der Waals surface area contributed by atoms with Gasteiger partial charge in [0.15, 0.2) is 6.61 Å². The number of anilines is 2. The van der Waals surface area contributed by atoms with Crippen LogP contribution in [0.25, 0.3) is 0 Å². The van der Waals surface area contributed by atoms with Crippen LogP contribution in [0.2, 0.25) is 5.02 Å². The average Bonchev–Trinajstić information content (AvgIpc) is 2.68. The van der Waals surface area contributed by atoms with Gasteiger partial charge in [0, 0.05) is 35.0 Å². The van der Waals surface area contributed by atoms with E-state index in [2.05, 4.69) is 10.6 Å². The first-order valence-corrected chi connectivity index (χ1v) is 8.88. The minimum Gasteiger partial charge on any atom is -0.456 e. The third-order valence-corrected chi connectivity index (χ3v) is 4.12. The number of nitrogens with one attached hydrogen (secondary N) is 2. The molecule has 9 nitrogen and oxygen atoms in total. The maximum absolute atomic E-state index is 11.9. The molecule has 0 atom stereocenters. The van der Waals surface area contributed by atoms with Gasteiger partial charge in [-0.15, -0.1) is 0 Å². The van der Waals surface area contributed by atoms with E-state index in [1.54, 1.807) is 18.2 Å². The second-order valence-electron chi connectivity index (χ2n) is 6.03. The molecule has 0 saturated carbocycles. The Bertz CT molecular complexity index is 947. The van der Waals surface area contributed by atoms with E-state index in [0.29, 0.717) is 10.7 Å². The predicted molar refractivity (Wildman–Crippen MR) is 107 cm³/mol. The molecule has 0 aliphatic heterocycles. The Hall–Kier alpha value is -3.46. The predicted octanol–water partition coefficient (Wildman–Crippen LogP) is 3.46. The Kier molecular flexibility index (Phi) is 7.67. The Morgan fingerprint density at radius 3 is 2.41 bits per heavy atom. The highest BCUT2D eigenvalue weighted by Gasteiger charge is 2.12. The van der Waals surface area contributed by atoms with Crippen LogP contribution < -0.4 is 10.6 Å². The molecular weight excluding hydrogens is 402 g/mol. The smallest absolute Gasteiger partial charge is 0.306 e. The summed E-state index contributed by atoms with van der Waals surface area (Å²) in [5.41, 5.74) is 1.41. The second kappa shape index (κ2) is 10.2. The lowest BCUT2D eigenvalue weighted by Gasteiger charge is -2.08.